The summed E-state index contributed by atoms with van der Waals surface area (Å²) in [5.74, 6) is -1.46. The molecule has 2 aliphatic heterocycles. The molecule has 9 heteroatoms. The van der Waals surface area contributed by atoms with Gasteiger partial charge < -0.3 is 29.4 Å². The van der Waals surface area contributed by atoms with Gasteiger partial charge in [-0.1, -0.05) is 32.0 Å². The van der Waals surface area contributed by atoms with Crippen LogP contribution >= 0.6 is 0 Å². The van der Waals surface area contributed by atoms with E-state index in [9.17, 15) is 23.5 Å². The van der Waals surface area contributed by atoms with Gasteiger partial charge in [0.15, 0.2) is 11.5 Å². The molecule has 2 aromatic rings. The van der Waals surface area contributed by atoms with Crippen molar-refractivity contribution in [2.45, 2.75) is 83.0 Å². The Balaban J connectivity index is 1.42. The van der Waals surface area contributed by atoms with Crippen LogP contribution in [0.5, 0.6) is 17.2 Å². The SMILES string of the molecule is CC(C)CC1=C(C(=O)OC2CCCC2)C(c2cccc(O)c2)C2=C(CC(c3ccc4c(c3)OC(F)(F)O4)C(C=O)C2)N1. The molecular weight excluding hydrogens is 544 g/mol. The van der Waals surface area contributed by atoms with Gasteiger partial charge in [0.25, 0.3) is 0 Å². The molecule has 3 unspecified atom stereocenters. The number of phenols is 1. The van der Waals surface area contributed by atoms with Crippen molar-refractivity contribution in [2.24, 2.45) is 11.8 Å². The number of esters is 1. The van der Waals surface area contributed by atoms with Gasteiger partial charge in [0.2, 0.25) is 0 Å². The van der Waals surface area contributed by atoms with Crippen LogP contribution in [0.1, 0.15) is 81.8 Å². The van der Waals surface area contributed by atoms with Gasteiger partial charge in [0, 0.05) is 23.2 Å². The van der Waals surface area contributed by atoms with E-state index in [0.29, 0.717) is 30.4 Å². The van der Waals surface area contributed by atoms with E-state index in [1.165, 1.54) is 12.1 Å². The summed E-state index contributed by atoms with van der Waals surface area (Å²) in [6.45, 7) is 4.16. The van der Waals surface area contributed by atoms with Crippen molar-refractivity contribution in [1.29, 1.82) is 0 Å². The maximum atomic E-state index is 13.9. The van der Waals surface area contributed by atoms with Crippen molar-refractivity contribution in [3.63, 3.8) is 0 Å². The van der Waals surface area contributed by atoms with Crippen LogP contribution in [0.2, 0.25) is 0 Å². The topological polar surface area (TPSA) is 94.1 Å². The Kier molecular flexibility index (Phi) is 7.45. The molecule has 0 spiro atoms. The quantitative estimate of drug-likeness (QED) is 0.274. The third kappa shape index (κ3) is 5.49. The molecule has 2 aliphatic carbocycles. The average Bonchev–Trinajstić information content (AvgIpc) is 3.56. The van der Waals surface area contributed by atoms with Gasteiger partial charge in [-0.15, -0.1) is 8.78 Å². The number of allylic oxidation sites excluding steroid dienone is 3. The summed E-state index contributed by atoms with van der Waals surface area (Å²) in [5.41, 5.74) is 4.52. The molecule has 4 aliphatic rings. The molecule has 42 heavy (non-hydrogen) atoms. The molecule has 6 rings (SSSR count). The first-order valence-corrected chi connectivity index (χ1v) is 14.7. The lowest BCUT2D eigenvalue weighted by atomic mass is 9.68. The molecule has 2 aromatic carbocycles. The van der Waals surface area contributed by atoms with Crippen LogP contribution in [0.15, 0.2) is 65.0 Å². The molecule has 0 saturated heterocycles. The van der Waals surface area contributed by atoms with Gasteiger partial charge in [-0.3, -0.25) is 0 Å². The second-order valence-electron chi connectivity index (χ2n) is 12.1. The van der Waals surface area contributed by atoms with Crippen molar-refractivity contribution in [3.05, 3.63) is 76.1 Å². The Morgan fingerprint density at radius 1 is 1.10 bits per heavy atom. The number of halogens is 2. The minimum atomic E-state index is -3.73. The number of hydrogen-bond donors (Lipinski definition) is 2. The van der Waals surface area contributed by atoms with E-state index in [4.69, 9.17) is 4.74 Å². The van der Waals surface area contributed by atoms with Gasteiger partial charge in [0.05, 0.1) is 5.57 Å². The van der Waals surface area contributed by atoms with Crippen LogP contribution in [0.3, 0.4) is 0 Å². The van der Waals surface area contributed by atoms with Gasteiger partial charge in [0.1, 0.15) is 18.1 Å². The number of carbonyl (C=O) groups excluding carboxylic acids is 2. The Morgan fingerprint density at radius 3 is 2.57 bits per heavy atom. The second-order valence-corrected chi connectivity index (χ2v) is 12.1. The lowest BCUT2D eigenvalue weighted by Crippen LogP contribution is -2.37. The zero-order chi connectivity index (χ0) is 29.6. The first-order valence-electron chi connectivity index (χ1n) is 14.7. The number of fused-ring (bicyclic) bond motifs is 1. The molecule has 7 nitrogen and oxygen atoms in total. The fraction of sp³-hybridized carbons (Fsp3) is 0.455. The number of ether oxygens (including phenoxy) is 3. The van der Waals surface area contributed by atoms with Crippen molar-refractivity contribution < 1.29 is 37.7 Å². The Bertz CT molecular complexity index is 1460. The number of benzene rings is 2. The molecule has 2 heterocycles. The van der Waals surface area contributed by atoms with E-state index >= 15 is 0 Å². The summed E-state index contributed by atoms with van der Waals surface area (Å²) >= 11 is 0. The van der Waals surface area contributed by atoms with Gasteiger partial charge in [-0.25, -0.2) is 4.79 Å². The zero-order valence-electron chi connectivity index (χ0n) is 23.7. The van der Waals surface area contributed by atoms with Crippen molar-refractivity contribution >= 4 is 12.3 Å². The van der Waals surface area contributed by atoms with E-state index in [1.54, 1.807) is 24.3 Å². The molecule has 2 N–H and O–H groups in total. The first-order chi connectivity index (χ1) is 20.1. The molecule has 1 saturated carbocycles. The molecular formula is C33H35F2NO6. The van der Waals surface area contributed by atoms with Gasteiger partial charge in [-0.05, 0) is 97.7 Å². The first kappa shape index (κ1) is 28.2. The summed E-state index contributed by atoms with van der Waals surface area (Å²) < 4.78 is 42.7. The highest BCUT2D eigenvalue weighted by molar-refractivity contribution is 5.93. The van der Waals surface area contributed by atoms with E-state index < -0.39 is 18.1 Å². The molecule has 0 bridgehead atoms. The van der Waals surface area contributed by atoms with Crippen molar-refractivity contribution in [3.8, 4) is 17.2 Å². The third-order valence-corrected chi connectivity index (χ3v) is 8.69. The number of hydrogen-bond acceptors (Lipinski definition) is 7. The maximum absolute atomic E-state index is 13.9. The lowest BCUT2D eigenvalue weighted by Gasteiger charge is -2.41. The number of carbonyl (C=O) groups is 2. The fourth-order valence-electron chi connectivity index (χ4n) is 6.85. The maximum Gasteiger partial charge on any atom is 0.586 e. The summed E-state index contributed by atoms with van der Waals surface area (Å²) in [5, 5.41) is 14.0. The van der Waals surface area contributed by atoms with E-state index in [2.05, 4.69) is 28.6 Å². The Morgan fingerprint density at radius 2 is 1.86 bits per heavy atom. The molecule has 0 aromatic heterocycles. The Labute approximate surface area is 243 Å². The van der Waals surface area contributed by atoms with Crippen LogP contribution in [0.4, 0.5) is 8.78 Å². The molecule has 0 amide bonds. The van der Waals surface area contributed by atoms with Crippen LogP contribution in [-0.4, -0.2) is 29.8 Å². The number of rotatable bonds is 7. The predicted molar refractivity (Wildman–Crippen MR) is 150 cm³/mol. The summed E-state index contributed by atoms with van der Waals surface area (Å²) in [4.78, 5) is 26.5. The molecule has 3 atom stereocenters. The number of aromatic hydroxyl groups is 1. The van der Waals surface area contributed by atoms with Crippen LogP contribution in [-0.2, 0) is 14.3 Å². The largest absolute Gasteiger partial charge is 0.586 e. The van der Waals surface area contributed by atoms with Crippen LogP contribution in [0.25, 0.3) is 0 Å². The number of nitrogens with one attached hydrogen (secondary N) is 1. The normalized spacial score (nSPS) is 24.9. The zero-order valence-corrected chi connectivity index (χ0v) is 23.7. The molecule has 1 fully saturated rings. The number of alkyl halides is 2. The summed E-state index contributed by atoms with van der Waals surface area (Å²) in [7, 11) is 0. The minimum absolute atomic E-state index is 0.0468. The Hall–Kier alpha value is -3.88. The van der Waals surface area contributed by atoms with Crippen LogP contribution in [0, 0.1) is 11.8 Å². The number of dihydropyridines is 1. The smallest absolute Gasteiger partial charge is 0.508 e. The summed E-state index contributed by atoms with van der Waals surface area (Å²) in [6, 6.07) is 11.5. The standard InChI is InChI=1S/C33H35F2NO6/c1-18(2)12-27-31(32(39)40-23-8-3-4-9-23)30(20-6-5-7-22(38)13-20)25-14-21(17-37)24(16-26(25)36-27)19-10-11-28-29(15-19)42-33(34,35)41-28/h5-7,10-11,13,15,17-18,21,23-24,30,36,38H,3-4,8-9,12,14,16H2,1-2H3. The van der Waals surface area contributed by atoms with E-state index in [1.807, 2.05) is 6.07 Å². The monoisotopic (exact) mass is 579 g/mol. The van der Waals surface area contributed by atoms with E-state index in [-0.39, 0.29) is 41.2 Å². The van der Waals surface area contributed by atoms with Gasteiger partial charge >= 0.3 is 12.3 Å². The highest BCUT2D eigenvalue weighted by atomic mass is 19.3. The average molecular weight is 580 g/mol. The van der Waals surface area contributed by atoms with Crippen molar-refractivity contribution in [2.75, 3.05) is 0 Å². The highest BCUT2D eigenvalue weighted by Crippen LogP contribution is 2.51. The highest BCUT2D eigenvalue weighted by Gasteiger charge is 2.45. The number of phenolic OH excluding ortho intramolecular Hbond substituents is 1. The molecule has 222 valence electrons. The minimum Gasteiger partial charge on any atom is -0.508 e. The second kappa shape index (κ2) is 11.1. The third-order valence-electron chi connectivity index (χ3n) is 8.69. The molecule has 0 radical (unpaired) electrons. The van der Waals surface area contributed by atoms with Crippen molar-refractivity contribution in [1.82, 2.24) is 5.32 Å². The number of aldehydes is 1. The van der Waals surface area contributed by atoms with Crippen LogP contribution < -0.4 is 14.8 Å². The predicted octanol–water partition coefficient (Wildman–Crippen LogP) is 6.83. The van der Waals surface area contributed by atoms with E-state index in [0.717, 1.165) is 54.5 Å². The lowest BCUT2D eigenvalue weighted by molar-refractivity contribution is -0.286. The fourth-order valence-corrected chi connectivity index (χ4v) is 6.85. The van der Waals surface area contributed by atoms with Gasteiger partial charge in [-0.2, -0.15) is 0 Å². The summed E-state index contributed by atoms with van der Waals surface area (Å²) in [6.07, 6.45) is 2.15.